The Bertz CT molecular complexity index is 701. The van der Waals surface area contributed by atoms with Crippen LogP contribution < -0.4 is 5.32 Å². The maximum absolute atomic E-state index is 12.5. The first-order valence-corrected chi connectivity index (χ1v) is 11.3. The number of carbonyl (C=O) groups is 2. The number of halogens is 1. The number of unbranched alkanes of at least 4 members (excludes halogenated alkanes) is 1. The molecule has 2 fully saturated rings. The van der Waals surface area contributed by atoms with Gasteiger partial charge in [0.25, 0.3) is 0 Å². The lowest BCUT2D eigenvalue weighted by molar-refractivity contribution is -0.133. The lowest BCUT2D eigenvalue weighted by Crippen LogP contribution is -2.50. The Morgan fingerprint density at radius 2 is 1.67 bits per heavy atom. The number of benzene rings is 1. The normalized spacial score (nSPS) is 19.1. The van der Waals surface area contributed by atoms with E-state index in [1.165, 1.54) is 0 Å². The number of nitrogens with zero attached hydrogens (tertiary/aromatic N) is 4. The third-order valence-electron chi connectivity index (χ3n) is 5.91. The molecule has 0 unspecified atom stereocenters. The molecule has 0 radical (unpaired) electrons. The van der Waals surface area contributed by atoms with Crippen molar-refractivity contribution < 1.29 is 9.59 Å². The first kappa shape index (κ1) is 23.0. The van der Waals surface area contributed by atoms with Crippen molar-refractivity contribution in [3.63, 3.8) is 0 Å². The number of anilines is 1. The second-order valence-electron chi connectivity index (χ2n) is 8.32. The van der Waals surface area contributed by atoms with Gasteiger partial charge in [0.15, 0.2) is 0 Å². The van der Waals surface area contributed by atoms with Gasteiger partial charge in [-0.2, -0.15) is 0 Å². The molecule has 30 heavy (non-hydrogen) atoms. The van der Waals surface area contributed by atoms with Crippen molar-refractivity contribution in [1.82, 2.24) is 19.6 Å². The molecule has 1 aromatic carbocycles. The number of amides is 2. The van der Waals surface area contributed by atoms with Gasteiger partial charge in [0.05, 0.1) is 6.54 Å². The van der Waals surface area contributed by atoms with Crippen molar-refractivity contribution in [2.24, 2.45) is 0 Å². The fourth-order valence-electron chi connectivity index (χ4n) is 3.97. The minimum absolute atomic E-state index is 0.0547. The van der Waals surface area contributed by atoms with Gasteiger partial charge in [-0.05, 0) is 44.6 Å². The maximum atomic E-state index is 12.5. The predicted molar refractivity (Wildman–Crippen MR) is 121 cm³/mol. The number of carbonyl (C=O) groups excluding carboxylic acids is 2. The van der Waals surface area contributed by atoms with Gasteiger partial charge < -0.3 is 20.0 Å². The van der Waals surface area contributed by atoms with Crippen molar-refractivity contribution in [3.05, 3.63) is 29.3 Å². The van der Waals surface area contributed by atoms with Crippen molar-refractivity contribution >= 4 is 29.1 Å². The van der Waals surface area contributed by atoms with E-state index in [9.17, 15) is 9.59 Å². The highest BCUT2D eigenvalue weighted by molar-refractivity contribution is 6.30. The van der Waals surface area contributed by atoms with Crippen LogP contribution in [0.4, 0.5) is 5.69 Å². The van der Waals surface area contributed by atoms with Gasteiger partial charge in [0.2, 0.25) is 11.8 Å². The maximum Gasteiger partial charge on any atom is 0.238 e. The highest BCUT2D eigenvalue weighted by atomic mass is 35.5. The van der Waals surface area contributed by atoms with Crippen LogP contribution in [0.3, 0.4) is 0 Å². The summed E-state index contributed by atoms with van der Waals surface area (Å²) in [5.41, 5.74) is 0.706. The highest BCUT2D eigenvalue weighted by Gasteiger charge is 2.22. The molecule has 0 spiro atoms. The molecule has 0 aromatic heterocycles. The van der Waals surface area contributed by atoms with Crippen LogP contribution in [0.2, 0.25) is 5.02 Å². The summed E-state index contributed by atoms with van der Waals surface area (Å²) in [5.74, 6) is 0.192. The van der Waals surface area contributed by atoms with Crippen LogP contribution in [-0.2, 0) is 9.59 Å². The average Bonchev–Trinajstić information content (AvgIpc) is 2.73. The van der Waals surface area contributed by atoms with Crippen molar-refractivity contribution in [2.45, 2.75) is 19.3 Å². The minimum atomic E-state index is -0.0547. The van der Waals surface area contributed by atoms with Crippen LogP contribution in [-0.4, -0.2) is 104 Å². The molecule has 2 aliphatic heterocycles. The van der Waals surface area contributed by atoms with E-state index in [0.717, 1.165) is 58.7 Å². The summed E-state index contributed by atoms with van der Waals surface area (Å²) in [4.78, 5) is 33.6. The summed E-state index contributed by atoms with van der Waals surface area (Å²) in [6.07, 6.45) is 2.66. The summed E-state index contributed by atoms with van der Waals surface area (Å²) < 4.78 is 0. The Morgan fingerprint density at radius 1 is 0.967 bits per heavy atom. The third-order valence-corrected chi connectivity index (χ3v) is 6.15. The van der Waals surface area contributed by atoms with Gasteiger partial charge in [-0.3, -0.25) is 14.5 Å². The van der Waals surface area contributed by atoms with Crippen LogP contribution in [0.15, 0.2) is 24.3 Å². The lowest BCUT2D eigenvalue weighted by atomic mass is 10.2. The number of rotatable bonds is 8. The molecule has 1 aromatic rings. The SMILES string of the molecule is CN1CCN(CCCCC(=O)N2CCN(CC(=O)Nc3cccc(Cl)c3)CC2)CC1. The average molecular weight is 436 g/mol. The molecule has 0 atom stereocenters. The van der Waals surface area contributed by atoms with E-state index in [1.807, 2.05) is 17.0 Å². The van der Waals surface area contributed by atoms with Crippen LogP contribution in [0.1, 0.15) is 19.3 Å². The largest absolute Gasteiger partial charge is 0.340 e. The Morgan fingerprint density at radius 3 is 2.37 bits per heavy atom. The molecule has 2 aliphatic rings. The number of likely N-dealkylation sites (N-methyl/N-ethyl adjacent to an activating group) is 1. The molecule has 0 bridgehead atoms. The molecular weight excluding hydrogens is 402 g/mol. The van der Waals surface area contributed by atoms with Crippen LogP contribution in [0.25, 0.3) is 0 Å². The quantitative estimate of drug-likeness (QED) is 0.631. The molecule has 0 saturated carbocycles. The van der Waals surface area contributed by atoms with Gasteiger partial charge in [-0.1, -0.05) is 17.7 Å². The summed E-state index contributed by atoms with van der Waals surface area (Å²) >= 11 is 5.95. The lowest BCUT2D eigenvalue weighted by Gasteiger charge is -2.34. The van der Waals surface area contributed by atoms with Gasteiger partial charge in [-0.15, -0.1) is 0 Å². The molecular formula is C22H34ClN5O2. The fraction of sp³-hybridized carbons (Fsp3) is 0.636. The Balaban J connectivity index is 1.28. The smallest absolute Gasteiger partial charge is 0.238 e. The number of piperazine rings is 2. The zero-order chi connectivity index (χ0) is 21.3. The van der Waals surface area contributed by atoms with Gasteiger partial charge in [0, 0.05) is 69.5 Å². The van der Waals surface area contributed by atoms with Crippen LogP contribution in [0, 0.1) is 0 Å². The second-order valence-corrected chi connectivity index (χ2v) is 8.75. The molecule has 0 aliphatic carbocycles. The molecule has 2 saturated heterocycles. The Labute approximate surface area is 184 Å². The number of nitrogens with one attached hydrogen (secondary N) is 1. The Kier molecular flexibility index (Phi) is 8.93. The first-order chi connectivity index (χ1) is 14.5. The molecule has 3 rings (SSSR count). The number of hydrogen-bond donors (Lipinski definition) is 1. The highest BCUT2D eigenvalue weighted by Crippen LogP contribution is 2.15. The van der Waals surface area contributed by atoms with E-state index in [-0.39, 0.29) is 11.8 Å². The zero-order valence-corrected chi connectivity index (χ0v) is 18.7. The predicted octanol–water partition coefficient (Wildman–Crippen LogP) is 1.84. The molecule has 166 valence electrons. The summed E-state index contributed by atoms with van der Waals surface area (Å²) in [6, 6.07) is 7.15. The van der Waals surface area contributed by atoms with Crippen molar-refractivity contribution in [2.75, 3.05) is 77.8 Å². The third kappa shape index (κ3) is 7.54. The molecule has 2 heterocycles. The van der Waals surface area contributed by atoms with E-state index in [0.29, 0.717) is 36.8 Å². The van der Waals surface area contributed by atoms with E-state index < -0.39 is 0 Å². The van der Waals surface area contributed by atoms with E-state index in [2.05, 4.69) is 27.1 Å². The van der Waals surface area contributed by atoms with Crippen molar-refractivity contribution in [3.8, 4) is 0 Å². The fourth-order valence-corrected chi connectivity index (χ4v) is 4.16. The van der Waals surface area contributed by atoms with E-state index in [4.69, 9.17) is 11.6 Å². The second kappa shape index (κ2) is 11.6. The topological polar surface area (TPSA) is 59.1 Å². The minimum Gasteiger partial charge on any atom is -0.340 e. The standard InChI is InChI=1S/C22H34ClN5O2/c1-25-9-11-26(12-10-25)8-3-2-7-22(30)28-15-13-27(14-16-28)18-21(29)24-20-6-4-5-19(23)17-20/h4-6,17H,2-3,7-16,18H2,1H3,(H,24,29). The molecule has 8 heteroatoms. The van der Waals surface area contributed by atoms with Crippen LogP contribution >= 0.6 is 11.6 Å². The number of hydrogen-bond acceptors (Lipinski definition) is 5. The molecule has 1 N–H and O–H groups in total. The first-order valence-electron chi connectivity index (χ1n) is 11.0. The summed E-state index contributed by atoms with van der Waals surface area (Å²) in [7, 11) is 2.17. The monoisotopic (exact) mass is 435 g/mol. The summed E-state index contributed by atoms with van der Waals surface area (Å²) in [6.45, 7) is 8.83. The van der Waals surface area contributed by atoms with Crippen molar-refractivity contribution in [1.29, 1.82) is 0 Å². The van der Waals surface area contributed by atoms with E-state index >= 15 is 0 Å². The summed E-state index contributed by atoms with van der Waals surface area (Å²) in [5, 5.41) is 3.48. The van der Waals surface area contributed by atoms with Gasteiger partial charge >= 0.3 is 0 Å². The van der Waals surface area contributed by atoms with Gasteiger partial charge in [0.1, 0.15) is 0 Å². The molecule has 7 nitrogen and oxygen atoms in total. The van der Waals surface area contributed by atoms with Crippen LogP contribution in [0.5, 0.6) is 0 Å². The molecule has 2 amide bonds. The Hall–Kier alpha value is -1.67. The van der Waals surface area contributed by atoms with E-state index in [1.54, 1.807) is 12.1 Å². The van der Waals surface area contributed by atoms with Gasteiger partial charge in [-0.25, -0.2) is 0 Å². The zero-order valence-electron chi connectivity index (χ0n) is 18.0.